The molecule has 0 atom stereocenters. The average molecular weight is 1510 g/mol. The minimum absolute atomic E-state index is 0.0466. The summed E-state index contributed by atoms with van der Waals surface area (Å²) in [6, 6.07) is 112. The Morgan fingerprint density at radius 3 is 0.733 bits per heavy atom. The molecule has 14 heteroatoms. The summed E-state index contributed by atoms with van der Waals surface area (Å²) in [5.41, 5.74) is 27.0. The van der Waals surface area contributed by atoms with Gasteiger partial charge in [-0.25, -0.2) is 19.9 Å². The summed E-state index contributed by atoms with van der Waals surface area (Å²) < 4.78 is 13.7. The van der Waals surface area contributed by atoms with Gasteiger partial charge in [-0.1, -0.05) is 254 Å². The van der Waals surface area contributed by atoms with Gasteiger partial charge in [-0.05, 0) is 147 Å². The van der Waals surface area contributed by atoms with Crippen molar-refractivity contribution in [2.45, 2.75) is 41.5 Å². The van der Waals surface area contributed by atoms with E-state index in [2.05, 4.69) is 364 Å². The molecule has 25 rings (SSSR count). The van der Waals surface area contributed by atoms with Gasteiger partial charge in [0.1, 0.15) is 34.9 Å². The molecule has 2 aliphatic rings. The summed E-state index contributed by atoms with van der Waals surface area (Å²) in [6.45, 7) is 13.0. The Hall–Kier alpha value is -14.5. The van der Waals surface area contributed by atoms with Crippen LogP contribution in [-0.2, 0) is 0 Å². The zero-order valence-electron chi connectivity index (χ0n) is 64.3. The second-order valence-corrected chi connectivity index (χ2v) is 31.4. The summed E-state index contributed by atoms with van der Waals surface area (Å²) >= 11 is 6.54. The van der Waals surface area contributed by atoms with E-state index in [0.29, 0.717) is 0 Å². The van der Waals surface area contributed by atoms with Gasteiger partial charge in [-0.15, -0.1) is 0 Å². The molecule has 0 saturated heterocycles. The average Bonchev–Trinajstić information content (AvgIpc) is 1.48. The monoisotopic (exact) mass is 1510 g/mol. The molecule has 11 heterocycles. The predicted molar refractivity (Wildman–Crippen MR) is 481 cm³/mol. The number of para-hydroxylation sites is 12. The van der Waals surface area contributed by atoms with E-state index in [1.807, 2.05) is 30.3 Å². The number of aromatic nitrogens is 12. The zero-order chi connectivity index (χ0) is 77.5. The van der Waals surface area contributed by atoms with Gasteiger partial charge in [0.05, 0.1) is 66.2 Å². The van der Waals surface area contributed by atoms with Gasteiger partial charge < -0.3 is 0 Å². The van der Waals surface area contributed by atoms with E-state index in [1.165, 1.54) is 136 Å². The van der Waals surface area contributed by atoms with Crippen LogP contribution in [-0.4, -0.2) is 64.0 Å². The van der Waals surface area contributed by atoms with E-state index in [0.717, 1.165) is 102 Å². The van der Waals surface area contributed by atoms with Crippen LogP contribution in [0.2, 0.25) is 5.28 Å². The maximum absolute atomic E-state index is 6.54. The van der Waals surface area contributed by atoms with Crippen LogP contribution in [0.4, 0.5) is 0 Å². The molecule has 116 heavy (non-hydrogen) atoms. The molecule has 0 saturated carbocycles. The predicted octanol–water partition coefficient (Wildman–Crippen LogP) is 23.0. The Bertz CT molecular complexity index is 7500. The molecule has 0 fully saturated rings. The molecule has 2 aliphatic heterocycles. The SMILES string of the molecule is Cc1cc(C)c(-c2nc(-n3c4ccccc4c4ccccc43)cc(-n3c4ccccc4c4ccccc43)n2)c(C)c1.Cc1cc(C)c(-c2nc3c4c(n2)-n2c5ccccc5c5cccc(c52)B4c2cccc4c5ccccc5n-3c24)c(C)c1.Clc1nc(-n2c3ccccc3c3ccccc32)cc(-n2c3ccccc3c3ccccc32)n1. The minimum Gasteiger partial charge on any atom is -0.295 e. The highest BCUT2D eigenvalue weighted by Gasteiger charge is 2.43. The lowest BCUT2D eigenvalue weighted by Gasteiger charge is -2.32. The highest BCUT2D eigenvalue weighted by Crippen LogP contribution is 2.43. The molecular weight excluding hydrogens is 1440 g/mol. The first-order valence-corrected chi connectivity index (χ1v) is 39.9. The first-order chi connectivity index (χ1) is 57.0. The fourth-order valence-electron chi connectivity index (χ4n) is 19.8. The number of fused-ring (bicyclic) bond motifs is 22. The summed E-state index contributed by atoms with van der Waals surface area (Å²) in [4.78, 5) is 30.9. The third-order valence-electron chi connectivity index (χ3n) is 24.1. The van der Waals surface area contributed by atoms with Crippen LogP contribution in [0.5, 0.6) is 0 Å². The van der Waals surface area contributed by atoms with Crippen LogP contribution >= 0.6 is 11.6 Å². The Morgan fingerprint density at radius 1 is 0.233 bits per heavy atom. The van der Waals surface area contributed by atoms with Crippen LogP contribution in [0.15, 0.2) is 315 Å². The van der Waals surface area contributed by atoms with E-state index in [9.17, 15) is 0 Å². The van der Waals surface area contributed by atoms with Crippen molar-refractivity contribution < 1.29 is 0 Å². The number of benzene rings is 14. The molecule has 548 valence electrons. The summed E-state index contributed by atoms with van der Waals surface area (Å²) in [5, 5.41) is 14.9. The van der Waals surface area contributed by atoms with Crippen molar-refractivity contribution in [3.8, 4) is 57.7 Å². The maximum Gasteiger partial charge on any atom is 0.256 e. The molecule has 0 amide bonds. The highest BCUT2D eigenvalue weighted by atomic mass is 35.5. The standard InChI is InChI=1S/C37H25BN4.C37H28N4.C28H17ClN4/c1-20-18-21(2)31(22(3)19-20)35-39-36-32-37(40-35)42-30-17-7-5-11-24(30)26-13-9-15-28(34(26)42)38(32)27-14-8-12-25-23-10-4-6-16-29(23)41(36)33(25)27;1-23-20-24(2)36(25(3)21-23)37-38-34(40-30-16-8-4-12-26(30)27-13-5-9-17-31(27)40)22-35(39-37)41-32-18-10-6-14-28(32)29-15-7-11-19-33(29)41;29-28-30-26(32-22-13-5-1-9-18(22)19-10-2-6-14-23(19)32)17-27(31-28)33-24-15-7-3-11-20(24)21-12-4-8-16-25(21)33/h4-19H,1-3H3;4-22H,1-3H3;1-17H. The van der Waals surface area contributed by atoms with Crippen LogP contribution < -0.4 is 16.4 Å². The zero-order valence-corrected chi connectivity index (χ0v) is 65.1. The third-order valence-corrected chi connectivity index (χ3v) is 24.3. The molecule has 0 aliphatic carbocycles. The quantitative estimate of drug-likeness (QED) is 0.121. The van der Waals surface area contributed by atoms with E-state index in [4.69, 9.17) is 31.5 Å². The van der Waals surface area contributed by atoms with Crippen molar-refractivity contribution in [3.05, 3.63) is 354 Å². The molecule has 0 bridgehead atoms. The van der Waals surface area contributed by atoms with Crippen molar-refractivity contribution in [3.63, 3.8) is 0 Å². The highest BCUT2D eigenvalue weighted by molar-refractivity contribution is 7.00. The molecule has 9 aromatic heterocycles. The summed E-state index contributed by atoms with van der Waals surface area (Å²) in [6.07, 6.45) is 0. The van der Waals surface area contributed by atoms with Crippen molar-refractivity contribution in [2.75, 3.05) is 0 Å². The molecular formula is C102H70BClN12. The minimum atomic E-state index is 0.0466. The van der Waals surface area contributed by atoms with Gasteiger partial charge in [0.2, 0.25) is 5.28 Å². The Balaban J connectivity index is 0.000000103. The molecule has 0 spiro atoms. The fourth-order valence-corrected chi connectivity index (χ4v) is 19.9. The number of hydrogen-bond donors (Lipinski definition) is 0. The second-order valence-electron chi connectivity index (χ2n) is 31.0. The number of aryl methyl sites for hydroxylation is 6. The van der Waals surface area contributed by atoms with Gasteiger partial charge in [-0.2, -0.15) is 9.97 Å². The second kappa shape index (κ2) is 25.8. The molecule has 0 radical (unpaired) electrons. The Labute approximate surface area is 671 Å². The van der Waals surface area contributed by atoms with Crippen LogP contribution in [0.1, 0.15) is 33.4 Å². The number of hydrogen-bond acceptors (Lipinski definition) is 6. The lowest BCUT2D eigenvalue weighted by Crippen LogP contribution is -2.60. The van der Waals surface area contributed by atoms with Crippen LogP contribution in [0, 0.1) is 41.5 Å². The largest absolute Gasteiger partial charge is 0.295 e. The smallest absolute Gasteiger partial charge is 0.256 e. The molecule has 0 unspecified atom stereocenters. The topological polar surface area (TPSA) is 107 Å². The fraction of sp³-hybridized carbons (Fsp3) is 0.0588. The Kier molecular flexibility index (Phi) is 14.9. The lowest BCUT2D eigenvalue weighted by atomic mass is 9.35. The molecule has 12 nitrogen and oxygen atoms in total. The summed E-state index contributed by atoms with van der Waals surface area (Å²) in [5.74, 6) is 6.68. The Morgan fingerprint density at radius 2 is 0.457 bits per heavy atom. The van der Waals surface area contributed by atoms with Gasteiger partial charge in [0, 0.05) is 93.4 Å². The van der Waals surface area contributed by atoms with Crippen molar-refractivity contribution >= 4 is 166 Å². The molecule has 0 N–H and O–H groups in total. The van der Waals surface area contributed by atoms with Crippen molar-refractivity contribution in [2.24, 2.45) is 0 Å². The van der Waals surface area contributed by atoms with Gasteiger partial charge >= 0.3 is 0 Å². The van der Waals surface area contributed by atoms with Crippen molar-refractivity contribution in [1.82, 2.24) is 57.3 Å². The molecule has 23 aromatic rings. The third kappa shape index (κ3) is 9.94. The van der Waals surface area contributed by atoms with Gasteiger partial charge in [0.15, 0.2) is 11.6 Å². The van der Waals surface area contributed by atoms with E-state index in [1.54, 1.807) is 0 Å². The van der Waals surface area contributed by atoms with Crippen LogP contribution in [0.25, 0.3) is 189 Å². The number of rotatable bonds is 6. The number of nitrogens with zero attached hydrogens (tertiary/aromatic N) is 12. The first kappa shape index (κ1) is 67.2. The lowest BCUT2D eigenvalue weighted by molar-refractivity contribution is 0.987. The van der Waals surface area contributed by atoms with Crippen molar-refractivity contribution in [1.29, 1.82) is 0 Å². The van der Waals surface area contributed by atoms with E-state index in [-0.39, 0.29) is 12.0 Å². The van der Waals surface area contributed by atoms with E-state index < -0.39 is 0 Å². The molecule has 14 aromatic carbocycles. The normalized spacial score (nSPS) is 12.2. The van der Waals surface area contributed by atoms with Crippen LogP contribution in [0.3, 0.4) is 0 Å². The number of halogens is 1. The first-order valence-electron chi connectivity index (χ1n) is 39.5. The maximum atomic E-state index is 6.54. The van der Waals surface area contributed by atoms with Gasteiger partial charge in [-0.3, -0.25) is 27.4 Å². The van der Waals surface area contributed by atoms with Gasteiger partial charge in [0.25, 0.3) is 6.71 Å². The summed E-state index contributed by atoms with van der Waals surface area (Å²) in [7, 11) is 0. The van der Waals surface area contributed by atoms with E-state index >= 15 is 0 Å².